The molecule has 0 saturated carbocycles. The highest BCUT2D eigenvalue weighted by Crippen LogP contribution is 2.26. The average molecular weight is 326 g/mol. The van der Waals surface area contributed by atoms with E-state index < -0.39 is 49.0 Å². The van der Waals surface area contributed by atoms with Gasteiger partial charge in [0, 0.05) is 18.1 Å². The minimum absolute atomic E-state index is 0.261. The van der Waals surface area contributed by atoms with Gasteiger partial charge >= 0.3 is 5.63 Å². The van der Waals surface area contributed by atoms with Crippen LogP contribution in [0.15, 0.2) is 27.4 Å². The quantitative estimate of drug-likeness (QED) is 0.522. The molecule has 0 amide bonds. The van der Waals surface area contributed by atoms with Gasteiger partial charge in [0.15, 0.2) is 6.29 Å². The molecule has 1 fully saturated rings. The maximum Gasteiger partial charge on any atom is 0.335 e. The molecule has 8 heteroatoms. The van der Waals surface area contributed by atoms with Crippen LogP contribution in [-0.2, 0) is 15.9 Å². The lowest BCUT2D eigenvalue weighted by Crippen LogP contribution is -2.59. The molecule has 8 nitrogen and oxygen atoms in total. The topological polar surface area (TPSA) is 130 Å². The maximum atomic E-state index is 11.3. The van der Waals surface area contributed by atoms with Gasteiger partial charge in [-0.1, -0.05) is 12.2 Å². The minimum Gasteiger partial charge on any atom is -0.427 e. The first kappa shape index (κ1) is 16.3. The van der Waals surface area contributed by atoms with E-state index in [-0.39, 0.29) is 6.42 Å². The molecule has 1 saturated heterocycles. The summed E-state index contributed by atoms with van der Waals surface area (Å²) in [7, 11) is 0. The Hall–Kier alpha value is -1.55. The molecule has 6 atom stereocenters. The molecular formula is C15H18O8. The Kier molecular flexibility index (Phi) is 4.62. The van der Waals surface area contributed by atoms with E-state index in [4.69, 9.17) is 19.0 Å². The van der Waals surface area contributed by atoms with Crippen molar-refractivity contribution in [2.75, 3.05) is 6.61 Å². The van der Waals surface area contributed by atoms with Crippen molar-refractivity contribution in [3.05, 3.63) is 40.0 Å². The lowest BCUT2D eigenvalue weighted by molar-refractivity contribution is -0.307. The molecule has 0 aromatic carbocycles. The van der Waals surface area contributed by atoms with Crippen LogP contribution in [0.2, 0.25) is 0 Å². The molecule has 3 rings (SSSR count). The van der Waals surface area contributed by atoms with Crippen molar-refractivity contribution in [1.29, 1.82) is 0 Å². The molecule has 0 bridgehead atoms. The van der Waals surface area contributed by atoms with Gasteiger partial charge in [0.25, 0.3) is 0 Å². The van der Waals surface area contributed by atoms with Crippen molar-refractivity contribution in [2.24, 2.45) is 0 Å². The second-order valence-electron chi connectivity index (χ2n) is 5.57. The zero-order valence-corrected chi connectivity index (χ0v) is 12.1. The number of rotatable bonds is 3. The van der Waals surface area contributed by atoms with E-state index in [0.29, 0.717) is 5.76 Å². The summed E-state index contributed by atoms with van der Waals surface area (Å²) in [6, 6.07) is 2.96. The molecule has 0 radical (unpaired) electrons. The average Bonchev–Trinajstić information content (AvgIpc) is 2.55. The molecule has 1 aliphatic heterocycles. The fraction of sp³-hybridized carbons (Fsp3) is 0.533. The van der Waals surface area contributed by atoms with Gasteiger partial charge in [-0.25, -0.2) is 4.79 Å². The van der Waals surface area contributed by atoms with Crippen LogP contribution in [0.1, 0.15) is 11.3 Å². The highest BCUT2D eigenvalue weighted by Gasteiger charge is 2.44. The van der Waals surface area contributed by atoms with Crippen molar-refractivity contribution in [2.45, 2.75) is 43.2 Å². The highest BCUT2D eigenvalue weighted by molar-refractivity contribution is 5.54. The predicted octanol–water partition coefficient (Wildman–Crippen LogP) is -1.61. The Balaban J connectivity index is 1.71. The fourth-order valence-corrected chi connectivity index (χ4v) is 2.68. The van der Waals surface area contributed by atoms with Crippen LogP contribution >= 0.6 is 0 Å². The van der Waals surface area contributed by atoms with Crippen LogP contribution in [0.4, 0.5) is 0 Å². The van der Waals surface area contributed by atoms with E-state index in [0.717, 1.165) is 5.56 Å². The molecule has 23 heavy (non-hydrogen) atoms. The smallest absolute Gasteiger partial charge is 0.335 e. The van der Waals surface area contributed by atoms with Gasteiger partial charge in [-0.15, -0.1) is 0 Å². The van der Waals surface area contributed by atoms with E-state index in [1.165, 1.54) is 6.07 Å². The second-order valence-corrected chi connectivity index (χ2v) is 5.57. The number of ether oxygens (including phenoxy) is 2. The maximum absolute atomic E-state index is 11.3. The van der Waals surface area contributed by atoms with Crippen molar-refractivity contribution in [1.82, 2.24) is 0 Å². The summed E-state index contributed by atoms with van der Waals surface area (Å²) in [5, 5.41) is 38.6. The van der Waals surface area contributed by atoms with E-state index in [1.807, 2.05) is 0 Å². The van der Waals surface area contributed by atoms with Crippen LogP contribution in [0.25, 0.3) is 6.08 Å². The van der Waals surface area contributed by atoms with Crippen LogP contribution < -0.4 is 5.63 Å². The Labute approximate surface area is 131 Å². The third kappa shape index (κ3) is 3.23. The number of hydrogen-bond acceptors (Lipinski definition) is 8. The molecule has 6 unspecified atom stereocenters. The second kappa shape index (κ2) is 6.52. The Morgan fingerprint density at radius 1 is 1.17 bits per heavy atom. The van der Waals surface area contributed by atoms with Crippen molar-refractivity contribution >= 4 is 6.08 Å². The zero-order valence-electron chi connectivity index (χ0n) is 12.1. The van der Waals surface area contributed by atoms with Crippen LogP contribution in [-0.4, -0.2) is 63.8 Å². The van der Waals surface area contributed by atoms with Gasteiger partial charge in [-0.3, -0.25) is 0 Å². The molecule has 1 aromatic rings. The molecule has 2 heterocycles. The Morgan fingerprint density at radius 3 is 2.70 bits per heavy atom. The summed E-state index contributed by atoms with van der Waals surface area (Å²) in [5.41, 5.74) is 0.295. The van der Waals surface area contributed by atoms with Crippen LogP contribution in [0, 0.1) is 0 Å². The standard InChI is InChI=1S/C15H18O8/c16-6-10-12(18)13(19)14(20)15(23-10)21-8-3-1-7-2-4-11(17)22-9(7)5-8/h1-4,8,10,12-16,18-20H,5-6H2. The lowest BCUT2D eigenvalue weighted by atomic mass is 9.98. The van der Waals surface area contributed by atoms with E-state index in [9.17, 15) is 20.1 Å². The first-order valence-corrected chi connectivity index (χ1v) is 7.27. The van der Waals surface area contributed by atoms with Crippen LogP contribution in [0.5, 0.6) is 0 Å². The SMILES string of the molecule is O=c1ccc2c(o1)CC(OC1OC(CO)C(O)C(O)C1O)C=C2. The van der Waals surface area contributed by atoms with Gasteiger partial charge in [0.05, 0.1) is 12.7 Å². The summed E-state index contributed by atoms with van der Waals surface area (Å²) in [5.74, 6) is 0.453. The lowest BCUT2D eigenvalue weighted by Gasteiger charge is -2.40. The monoisotopic (exact) mass is 326 g/mol. The number of fused-ring (bicyclic) bond motifs is 1. The van der Waals surface area contributed by atoms with Crippen LogP contribution in [0.3, 0.4) is 0 Å². The van der Waals surface area contributed by atoms with Gasteiger partial charge in [-0.2, -0.15) is 0 Å². The van der Waals surface area contributed by atoms with Gasteiger partial charge in [0.1, 0.15) is 30.2 Å². The molecule has 0 spiro atoms. The minimum atomic E-state index is -1.50. The Morgan fingerprint density at radius 2 is 1.96 bits per heavy atom. The van der Waals surface area contributed by atoms with E-state index in [1.54, 1.807) is 18.2 Å². The fourth-order valence-electron chi connectivity index (χ4n) is 2.68. The Bertz CT molecular complexity index is 637. The molecule has 126 valence electrons. The number of hydrogen-bond donors (Lipinski definition) is 4. The third-order valence-corrected chi connectivity index (χ3v) is 3.98. The molecule has 1 aliphatic carbocycles. The third-order valence-electron chi connectivity index (χ3n) is 3.98. The molecular weight excluding hydrogens is 308 g/mol. The number of aliphatic hydroxyl groups is 4. The van der Waals surface area contributed by atoms with E-state index in [2.05, 4.69) is 0 Å². The van der Waals surface area contributed by atoms with Gasteiger partial charge < -0.3 is 34.3 Å². The first-order valence-electron chi connectivity index (χ1n) is 7.27. The first-order chi connectivity index (χ1) is 11.0. The van der Waals surface area contributed by atoms with Crippen molar-refractivity contribution in [3.8, 4) is 0 Å². The zero-order chi connectivity index (χ0) is 16.6. The predicted molar refractivity (Wildman–Crippen MR) is 76.4 cm³/mol. The van der Waals surface area contributed by atoms with Gasteiger partial charge in [0.2, 0.25) is 0 Å². The summed E-state index contributed by atoms with van der Waals surface area (Å²) in [6.45, 7) is -0.525. The van der Waals surface area contributed by atoms with Gasteiger partial charge in [-0.05, 0) is 6.07 Å². The van der Waals surface area contributed by atoms with Crippen molar-refractivity contribution in [3.63, 3.8) is 0 Å². The molecule has 4 N–H and O–H groups in total. The highest BCUT2D eigenvalue weighted by atomic mass is 16.7. The summed E-state index contributed by atoms with van der Waals surface area (Å²) < 4.78 is 16.0. The summed E-state index contributed by atoms with van der Waals surface area (Å²) >= 11 is 0. The van der Waals surface area contributed by atoms with Crippen molar-refractivity contribution < 1.29 is 34.3 Å². The number of aliphatic hydroxyl groups excluding tert-OH is 4. The largest absolute Gasteiger partial charge is 0.427 e. The summed E-state index contributed by atoms with van der Waals surface area (Å²) in [6.07, 6.45) is -3.51. The molecule has 2 aliphatic rings. The normalized spacial score (nSPS) is 36.7. The molecule has 1 aromatic heterocycles. The summed E-state index contributed by atoms with van der Waals surface area (Å²) in [4.78, 5) is 11.3. The van der Waals surface area contributed by atoms with E-state index >= 15 is 0 Å².